The van der Waals surface area contributed by atoms with Crippen LogP contribution in [-0.2, 0) is 43.7 Å². The van der Waals surface area contributed by atoms with Crippen LogP contribution in [-0.4, -0.2) is 79.5 Å². The molecule has 2 amide bonds. The Morgan fingerprint density at radius 3 is 1.33 bits per heavy atom. The number of benzene rings is 4. The van der Waals surface area contributed by atoms with E-state index in [9.17, 15) is 26.4 Å². The highest BCUT2D eigenvalue weighted by Gasteiger charge is 2.46. The molecule has 8 atom stereocenters. The molecule has 2 fully saturated rings. The Kier molecular flexibility index (Phi) is 17.4. The average Bonchev–Trinajstić information content (AvgIpc) is 3.90. The molecule has 0 saturated heterocycles. The SMILES string of the molecule is C.C[C@@H]1CCCS(=O)(=O)NC(=O)c2ccc3c(c2)N(C[C@@H]2CC[C@H]2CC1)C[C@@]1(CCCc2cc(Cl)ccc21)CO3.C[C@H]1CCCS(=O)(=O)NC(=O)c2ccc3c(c2)N(C[C@@H]2CC[C@H]2CC1)C[C@@]1(CCCc2cc(Cl)ccc21)CO3. The molecule has 4 aliphatic heterocycles. The second-order valence-corrected chi connectivity index (χ2v) is 29.5. The van der Waals surface area contributed by atoms with Gasteiger partial charge >= 0.3 is 0 Å². The van der Waals surface area contributed by atoms with Crippen LogP contribution in [0, 0.1) is 35.5 Å². The lowest BCUT2D eigenvalue weighted by atomic mass is 9.68. The van der Waals surface area contributed by atoms with Crippen molar-refractivity contribution in [2.45, 2.75) is 148 Å². The summed E-state index contributed by atoms with van der Waals surface area (Å²) >= 11 is 12.8. The van der Waals surface area contributed by atoms with Gasteiger partial charge in [-0.05, 0) is 221 Å². The third kappa shape index (κ3) is 12.8. The van der Waals surface area contributed by atoms with E-state index < -0.39 is 31.9 Å². The first-order valence-electron chi connectivity index (χ1n) is 29.1. The van der Waals surface area contributed by atoms with Crippen molar-refractivity contribution in [1.29, 1.82) is 0 Å². The maximum Gasteiger partial charge on any atom is 0.264 e. The predicted octanol–water partition coefficient (Wildman–Crippen LogP) is 12.9. The summed E-state index contributed by atoms with van der Waals surface area (Å²) in [5, 5.41) is 1.54. The number of sulfonamides is 2. The molecule has 4 aromatic carbocycles. The molecule has 4 aromatic rings. The Morgan fingerprint density at radius 2 is 0.924 bits per heavy atom. The van der Waals surface area contributed by atoms with Crippen molar-refractivity contribution < 1.29 is 35.9 Å². The van der Waals surface area contributed by atoms with E-state index >= 15 is 0 Å². The summed E-state index contributed by atoms with van der Waals surface area (Å²) in [5.74, 6) is 3.88. The summed E-state index contributed by atoms with van der Waals surface area (Å²) in [6.45, 7) is 9.03. The number of hydrogen-bond acceptors (Lipinski definition) is 10. The van der Waals surface area contributed by atoms with Crippen molar-refractivity contribution in [3.8, 4) is 11.5 Å². The summed E-state index contributed by atoms with van der Waals surface area (Å²) in [7, 11) is -7.39. The van der Waals surface area contributed by atoms with E-state index in [-0.39, 0.29) is 29.8 Å². The molecule has 79 heavy (non-hydrogen) atoms. The van der Waals surface area contributed by atoms with Crippen molar-refractivity contribution >= 4 is 66.4 Å². The molecular weight excluding hydrogens is 1080 g/mol. The van der Waals surface area contributed by atoms with E-state index in [1.54, 1.807) is 12.1 Å². The maximum absolute atomic E-state index is 13.1. The molecule has 4 heterocycles. The summed E-state index contributed by atoms with van der Waals surface area (Å²) in [6.07, 6.45) is 18.7. The van der Waals surface area contributed by atoms with Crippen LogP contribution in [0.25, 0.3) is 0 Å². The average molecular weight is 1160 g/mol. The van der Waals surface area contributed by atoms with Crippen molar-refractivity contribution in [3.63, 3.8) is 0 Å². The van der Waals surface area contributed by atoms with Crippen LogP contribution >= 0.6 is 23.2 Å². The van der Waals surface area contributed by atoms with Crippen LogP contribution in [0.4, 0.5) is 11.4 Å². The van der Waals surface area contributed by atoms with E-state index in [4.69, 9.17) is 32.7 Å². The molecule has 0 unspecified atom stereocenters. The lowest BCUT2D eigenvalue weighted by molar-refractivity contribution is 0.0972. The Balaban J connectivity index is 0.000000176. The fourth-order valence-electron chi connectivity index (χ4n) is 14.6. The van der Waals surface area contributed by atoms with Crippen LogP contribution in [0.5, 0.6) is 11.5 Å². The van der Waals surface area contributed by atoms with Crippen molar-refractivity contribution in [2.75, 3.05) is 60.7 Å². The molecule has 2 N–H and O–H groups in total. The number of ether oxygens (including phenoxy) is 2. The zero-order valence-corrected chi connectivity index (χ0v) is 48.7. The smallest absolute Gasteiger partial charge is 0.264 e. The molecular formula is C63H82Cl2N4O8S2. The summed E-state index contributed by atoms with van der Waals surface area (Å²) in [4.78, 5) is 31.1. The highest BCUT2D eigenvalue weighted by Crippen LogP contribution is 2.49. The number of carbonyl (C=O) groups is 2. The number of amides is 2. The highest BCUT2D eigenvalue weighted by molar-refractivity contribution is 7.90. The van der Waals surface area contributed by atoms with Crippen molar-refractivity contribution in [2.24, 2.45) is 35.5 Å². The normalized spacial score (nSPS) is 30.3. The van der Waals surface area contributed by atoms with Gasteiger partial charge in [-0.25, -0.2) is 26.3 Å². The molecule has 0 aromatic heterocycles. The Hall–Kier alpha value is -4.50. The second-order valence-electron chi connectivity index (χ2n) is 24.9. The molecule has 2 spiro atoms. The zero-order chi connectivity index (χ0) is 54.4. The van der Waals surface area contributed by atoms with Gasteiger partial charge < -0.3 is 19.3 Å². The van der Waals surface area contributed by atoms with Gasteiger partial charge in [0.15, 0.2) is 0 Å². The van der Waals surface area contributed by atoms with Gasteiger partial charge in [0.1, 0.15) is 11.5 Å². The quantitative estimate of drug-likeness (QED) is 0.174. The first-order valence-corrected chi connectivity index (χ1v) is 33.2. The minimum absolute atomic E-state index is 0. The van der Waals surface area contributed by atoms with Gasteiger partial charge in [-0.3, -0.25) is 9.59 Å². The summed E-state index contributed by atoms with van der Waals surface area (Å²) in [6, 6.07) is 23.3. The van der Waals surface area contributed by atoms with Crippen LogP contribution in [0.3, 0.4) is 0 Å². The largest absolute Gasteiger partial charge is 0.490 e. The van der Waals surface area contributed by atoms with Gasteiger partial charge in [0.2, 0.25) is 20.0 Å². The van der Waals surface area contributed by atoms with Gasteiger partial charge in [0.25, 0.3) is 11.8 Å². The molecule has 12 nitrogen and oxygen atoms in total. The Morgan fingerprint density at radius 1 is 0.519 bits per heavy atom. The third-order valence-corrected chi connectivity index (χ3v) is 22.6. The number of fused-ring (bicyclic) bond motifs is 8. The molecule has 8 aliphatic rings. The lowest BCUT2D eigenvalue weighted by Crippen LogP contribution is -2.48. The van der Waals surface area contributed by atoms with Crippen LogP contribution in [0.2, 0.25) is 10.0 Å². The monoisotopic (exact) mass is 1160 g/mol. The maximum atomic E-state index is 13.1. The molecule has 4 bridgehead atoms. The van der Waals surface area contributed by atoms with E-state index in [2.05, 4.69) is 57.4 Å². The minimum atomic E-state index is -3.70. The number of halogens is 2. The van der Waals surface area contributed by atoms with Gasteiger partial charge in [-0.15, -0.1) is 0 Å². The topological polar surface area (TPSA) is 151 Å². The number of carbonyl (C=O) groups excluding carboxylic acids is 2. The second kappa shape index (κ2) is 23.8. The molecule has 4 aliphatic carbocycles. The predicted molar refractivity (Wildman–Crippen MR) is 317 cm³/mol. The Bertz CT molecular complexity index is 2930. The number of hydrogen-bond donors (Lipinski definition) is 2. The summed E-state index contributed by atoms with van der Waals surface area (Å²) < 4.78 is 68.5. The van der Waals surface area contributed by atoms with E-state index in [0.717, 1.165) is 123 Å². The minimum Gasteiger partial charge on any atom is -0.490 e. The number of anilines is 2. The van der Waals surface area contributed by atoms with Gasteiger partial charge in [0, 0.05) is 58.2 Å². The third-order valence-electron chi connectivity index (χ3n) is 19.4. The molecule has 12 rings (SSSR count). The number of nitrogens with one attached hydrogen (secondary N) is 2. The molecule has 428 valence electrons. The van der Waals surface area contributed by atoms with Crippen molar-refractivity contribution in [1.82, 2.24) is 9.44 Å². The summed E-state index contributed by atoms with van der Waals surface area (Å²) in [5.41, 5.74) is 7.40. The number of nitrogens with zero attached hydrogens (tertiary/aromatic N) is 2. The molecule has 16 heteroatoms. The van der Waals surface area contributed by atoms with Gasteiger partial charge in [0.05, 0.1) is 36.1 Å². The van der Waals surface area contributed by atoms with E-state index in [1.165, 1.54) is 60.8 Å². The molecule has 2 saturated carbocycles. The van der Waals surface area contributed by atoms with Crippen molar-refractivity contribution in [3.05, 3.63) is 116 Å². The molecule has 0 radical (unpaired) electrons. The first-order chi connectivity index (χ1) is 37.4. The number of aryl methyl sites for hydroxylation is 2. The highest BCUT2D eigenvalue weighted by atomic mass is 35.5. The Labute approximate surface area is 480 Å². The lowest BCUT2D eigenvalue weighted by Gasteiger charge is -2.45. The fourth-order valence-corrected chi connectivity index (χ4v) is 17.1. The van der Waals surface area contributed by atoms with Crippen LogP contribution in [0.15, 0.2) is 72.8 Å². The number of rotatable bonds is 0. The van der Waals surface area contributed by atoms with Gasteiger partial charge in [-0.1, -0.05) is 69.5 Å². The van der Waals surface area contributed by atoms with Crippen LogP contribution < -0.4 is 28.7 Å². The fraction of sp³-hybridized carbons (Fsp3) is 0.587. The van der Waals surface area contributed by atoms with Gasteiger partial charge in [-0.2, -0.15) is 0 Å². The van der Waals surface area contributed by atoms with Crippen LogP contribution in [0.1, 0.15) is 167 Å². The van der Waals surface area contributed by atoms with E-state index in [0.29, 0.717) is 72.7 Å². The zero-order valence-electron chi connectivity index (χ0n) is 45.5. The first kappa shape index (κ1) is 57.7. The van der Waals surface area contributed by atoms with E-state index in [1.807, 2.05) is 36.4 Å². The standard InChI is InChI=1S/2C31H39ClN2O4S.CH4/c2*1-21-4-3-15-39(36,37)33-30(35)24-10-13-29-28(17-24)34(18-25-9-8-22(25)7-6-21)19-31(20-38-29)14-2-5-23-16-26(32)11-12-27(23)31;/h2*10-13,16-17,21-22,25H,2-9,14-15,18-20H2,1H3,(H,33,35);1H4/t21-,22+,25-,31-;21-,22-,25+,31+;/m01./s1.